The SMILES string of the molecule is COc1ccc(C(=O)NCc2nnc(SC(C)C)n2Cc2ccccc2)cc1. The topological polar surface area (TPSA) is 69.0 Å². The van der Waals surface area contributed by atoms with Crippen molar-refractivity contribution in [2.45, 2.75) is 37.3 Å². The Morgan fingerprint density at radius 2 is 1.82 bits per heavy atom. The summed E-state index contributed by atoms with van der Waals surface area (Å²) >= 11 is 1.66. The smallest absolute Gasteiger partial charge is 0.251 e. The number of amides is 1. The van der Waals surface area contributed by atoms with Crippen molar-refractivity contribution < 1.29 is 9.53 Å². The van der Waals surface area contributed by atoms with E-state index < -0.39 is 0 Å². The van der Waals surface area contributed by atoms with Gasteiger partial charge in [-0.2, -0.15) is 0 Å². The summed E-state index contributed by atoms with van der Waals surface area (Å²) in [5.41, 5.74) is 1.74. The molecule has 0 radical (unpaired) electrons. The molecule has 1 heterocycles. The van der Waals surface area contributed by atoms with Crippen LogP contribution in [-0.2, 0) is 13.1 Å². The normalized spacial score (nSPS) is 10.9. The first-order valence-electron chi connectivity index (χ1n) is 9.11. The lowest BCUT2D eigenvalue weighted by molar-refractivity contribution is 0.0949. The van der Waals surface area contributed by atoms with Crippen LogP contribution in [0.5, 0.6) is 5.75 Å². The van der Waals surface area contributed by atoms with Gasteiger partial charge in [0.2, 0.25) is 0 Å². The van der Waals surface area contributed by atoms with Crippen LogP contribution < -0.4 is 10.1 Å². The standard InChI is InChI=1S/C21H24N4O2S/c1-15(2)28-21-24-23-19(25(21)14-16-7-5-4-6-8-16)13-22-20(26)17-9-11-18(27-3)12-10-17/h4-12,15H,13-14H2,1-3H3,(H,22,26). The van der Waals surface area contributed by atoms with Gasteiger partial charge in [0.15, 0.2) is 11.0 Å². The molecule has 0 unspecified atom stereocenters. The van der Waals surface area contributed by atoms with E-state index in [-0.39, 0.29) is 5.91 Å². The minimum atomic E-state index is -0.157. The van der Waals surface area contributed by atoms with Gasteiger partial charge in [-0.15, -0.1) is 10.2 Å². The van der Waals surface area contributed by atoms with Crippen LogP contribution in [0.2, 0.25) is 0 Å². The van der Waals surface area contributed by atoms with Crippen LogP contribution in [0.25, 0.3) is 0 Å². The van der Waals surface area contributed by atoms with Crippen molar-refractivity contribution in [1.29, 1.82) is 0 Å². The fourth-order valence-electron chi connectivity index (χ4n) is 2.68. The maximum absolute atomic E-state index is 12.5. The van der Waals surface area contributed by atoms with E-state index in [0.29, 0.717) is 23.9 Å². The Balaban J connectivity index is 1.74. The molecule has 0 bridgehead atoms. The molecular formula is C21H24N4O2S. The van der Waals surface area contributed by atoms with Gasteiger partial charge >= 0.3 is 0 Å². The predicted molar refractivity (Wildman–Crippen MR) is 111 cm³/mol. The van der Waals surface area contributed by atoms with Crippen LogP contribution in [0.15, 0.2) is 59.8 Å². The van der Waals surface area contributed by atoms with Gasteiger partial charge in [0.25, 0.3) is 5.91 Å². The lowest BCUT2D eigenvalue weighted by Gasteiger charge is -2.12. The zero-order valence-corrected chi connectivity index (χ0v) is 17.1. The third kappa shape index (κ3) is 5.13. The molecule has 7 heteroatoms. The van der Waals surface area contributed by atoms with Gasteiger partial charge in [0.05, 0.1) is 20.2 Å². The number of methoxy groups -OCH3 is 1. The van der Waals surface area contributed by atoms with E-state index in [9.17, 15) is 4.79 Å². The molecule has 0 saturated heterocycles. The maximum Gasteiger partial charge on any atom is 0.251 e. The van der Waals surface area contributed by atoms with Gasteiger partial charge in [-0.1, -0.05) is 55.9 Å². The number of carbonyl (C=O) groups excluding carboxylic acids is 1. The van der Waals surface area contributed by atoms with E-state index in [1.165, 1.54) is 0 Å². The fourth-order valence-corrected chi connectivity index (χ4v) is 3.48. The molecule has 6 nitrogen and oxygen atoms in total. The minimum absolute atomic E-state index is 0.157. The number of nitrogens with zero attached hydrogens (tertiary/aromatic N) is 3. The largest absolute Gasteiger partial charge is 0.497 e. The zero-order valence-electron chi connectivity index (χ0n) is 16.3. The highest BCUT2D eigenvalue weighted by Crippen LogP contribution is 2.23. The molecule has 0 saturated carbocycles. The maximum atomic E-state index is 12.5. The molecule has 0 atom stereocenters. The van der Waals surface area contributed by atoms with E-state index in [0.717, 1.165) is 22.3 Å². The molecule has 1 aromatic heterocycles. The molecule has 3 aromatic rings. The molecule has 1 amide bonds. The first kappa shape index (κ1) is 19.9. The first-order chi connectivity index (χ1) is 13.6. The van der Waals surface area contributed by atoms with Crippen LogP contribution in [0.4, 0.5) is 0 Å². The number of hydrogen-bond acceptors (Lipinski definition) is 5. The van der Waals surface area contributed by atoms with Gasteiger partial charge in [0.1, 0.15) is 5.75 Å². The molecular weight excluding hydrogens is 372 g/mol. The highest BCUT2D eigenvalue weighted by Gasteiger charge is 2.15. The van der Waals surface area contributed by atoms with Crippen molar-refractivity contribution in [3.05, 3.63) is 71.5 Å². The van der Waals surface area contributed by atoms with Crippen LogP contribution in [-0.4, -0.2) is 33.0 Å². The van der Waals surface area contributed by atoms with Crippen LogP contribution >= 0.6 is 11.8 Å². The Kier molecular flexibility index (Phi) is 6.71. The number of carbonyl (C=O) groups is 1. The van der Waals surface area contributed by atoms with Crippen LogP contribution in [0.3, 0.4) is 0 Å². The van der Waals surface area contributed by atoms with Crippen molar-refractivity contribution >= 4 is 17.7 Å². The number of benzene rings is 2. The van der Waals surface area contributed by atoms with Gasteiger partial charge < -0.3 is 14.6 Å². The average Bonchev–Trinajstić information content (AvgIpc) is 3.07. The van der Waals surface area contributed by atoms with E-state index >= 15 is 0 Å². The summed E-state index contributed by atoms with van der Waals surface area (Å²) in [5.74, 6) is 1.29. The Labute approximate surface area is 169 Å². The third-order valence-corrected chi connectivity index (χ3v) is 5.06. The molecule has 146 valence electrons. The number of aromatic nitrogens is 3. The van der Waals surface area contributed by atoms with Crippen molar-refractivity contribution in [1.82, 2.24) is 20.1 Å². The van der Waals surface area contributed by atoms with Crippen molar-refractivity contribution in [2.24, 2.45) is 0 Å². The molecule has 0 aliphatic rings. The third-order valence-electron chi connectivity index (χ3n) is 4.08. The summed E-state index contributed by atoms with van der Waals surface area (Å²) in [7, 11) is 1.60. The van der Waals surface area contributed by atoms with E-state index in [1.807, 2.05) is 18.2 Å². The number of ether oxygens (including phenoxy) is 1. The Morgan fingerprint density at radius 3 is 2.46 bits per heavy atom. The molecule has 0 spiro atoms. The highest BCUT2D eigenvalue weighted by atomic mass is 32.2. The average molecular weight is 397 g/mol. The second-order valence-corrected chi connectivity index (χ2v) is 8.09. The summed E-state index contributed by atoms with van der Waals surface area (Å²) in [6.07, 6.45) is 0. The van der Waals surface area contributed by atoms with Crippen LogP contribution in [0, 0.1) is 0 Å². The van der Waals surface area contributed by atoms with Crippen molar-refractivity contribution in [3.63, 3.8) is 0 Å². The highest BCUT2D eigenvalue weighted by molar-refractivity contribution is 7.99. The molecule has 1 N–H and O–H groups in total. The van der Waals surface area contributed by atoms with Gasteiger partial charge in [-0.05, 0) is 29.8 Å². The van der Waals surface area contributed by atoms with Crippen molar-refractivity contribution in [3.8, 4) is 5.75 Å². The zero-order chi connectivity index (χ0) is 19.9. The number of thioether (sulfide) groups is 1. The van der Waals surface area contributed by atoms with Gasteiger partial charge in [-0.3, -0.25) is 4.79 Å². The molecule has 28 heavy (non-hydrogen) atoms. The molecule has 0 aliphatic heterocycles. The predicted octanol–water partition coefficient (Wildman–Crippen LogP) is 3.77. The van der Waals surface area contributed by atoms with Crippen LogP contribution in [0.1, 0.15) is 35.6 Å². The molecule has 0 fully saturated rings. The van der Waals surface area contributed by atoms with Crippen molar-refractivity contribution in [2.75, 3.05) is 7.11 Å². The Bertz CT molecular complexity index is 908. The van der Waals surface area contributed by atoms with E-state index in [4.69, 9.17) is 4.74 Å². The Morgan fingerprint density at radius 1 is 1.11 bits per heavy atom. The number of hydrogen-bond donors (Lipinski definition) is 1. The quantitative estimate of drug-likeness (QED) is 0.587. The number of nitrogens with one attached hydrogen (secondary N) is 1. The second-order valence-electron chi connectivity index (χ2n) is 6.55. The monoisotopic (exact) mass is 396 g/mol. The van der Waals surface area contributed by atoms with E-state index in [2.05, 4.69) is 46.1 Å². The summed E-state index contributed by atoms with van der Waals surface area (Å²) in [5, 5.41) is 12.8. The molecule has 3 rings (SSSR count). The van der Waals surface area contributed by atoms with E-state index in [1.54, 1.807) is 43.1 Å². The minimum Gasteiger partial charge on any atom is -0.497 e. The molecule has 0 aliphatic carbocycles. The first-order valence-corrected chi connectivity index (χ1v) is 9.99. The van der Waals surface area contributed by atoms with Gasteiger partial charge in [-0.25, -0.2) is 0 Å². The summed E-state index contributed by atoms with van der Waals surface area (Å²) in [6, 6.07) is 17.2. The lowest BCUT2D eigenvalue weighted by atomic mass is 10.2. The number of rotatable bonds is 8. The lowest BCUT2D eigenvalue weighted by Crippen LogP contribution is -2.25. The fraction of sp³-hybridized carbons (Fsp3) is 0.286. The molecule has 2 aromatic carbocycles. The van der Waals surface area contributed by atoms with Gasteiger partial charge in [0, 0.05) is 10.8 Å². The summed E-state index contributed by atoms with van der Waals surface area (Å²) < 4.78 is 7.19. The summed E-state index contributed by atoms with van der Waals surface area (Å²) in [6.45, 7) is 5.22. The second kappa shape index (κ2) is 9.41. The summed E-state index contributed by atoms with van der Waals surface area (Å²) in [4.78, 5) is 12.5. The Hall–Kier alpha value is -2.80.